The number of hydrazone groups is 1. The summed E-state index contributed by atoms with van der Waals surface area (Å²) in [4.78, 5) is 0. The van der Waals surface area contributed by atoms with E-state index in [0.29, 0.717) is 29.2 Å². The zero-order valence-electron chi connectivity index (χ0n) is 13.3. The zero-order chi connectivity index (χ0) is 17.6. The van der Waals surface area contributed by atoms with Gasteiger partial charge >= 0.3 is 0 Å². The van der Waals surface area contributed by atoms with Crippen LogP contribution in [0.25, 0.3) is 0 Å². The van der Waals surface area contributed by atoms with Crippen LogP contribution in [0.15, 0.2) is 47.6 Å². The molecule has 4 rings (SSSR count). The fourth-order valence-corrected chi connectivity index (χ4v) is 3.88. The third kappa shape index (κ3) is 2.93. The van der Waals surface area contributed by atoms with Crippen molar-refractivity contribution in [3.63, 3.8) is 0 Å². The number of hydrogen-bond acceptors (Lipinski definition) is 5. The minimum absolute atomic E-state index is 0.166. The van der Waals surface area contributed by atoms with Gasteiger partial charge in [-0.15, -0.1) is 0 Å². The Kier molecular flexibility index (Phi) is 3.64. The topological polar surface area (TPSA) is 68.2 Å². The number of fused-ring (bicyclic) bond motifs is 1. The van der Waals surface area contributed by atoms with Crippen molar-refractivity contribution in [3.05, 3.63) is 59.4 Å². The largest absolute Gasteiger partial charge is 0.454 e. The van der Waals surface area contributed by atoms with Gasteiger partial charge in [0.2, 0.25) is 16.8 Å². The van der Waals surface area contributed by atoms with Crippen molar-refractivity contribution in [2.45, 2.75) is 12.5 Å². The van der Waals surface area contributed by atoms with Crippen molar-refractivity contribution in [3.8, 4) is 11.5 Å². The first-order chi connectivity index (χ1) is 11.9. The van der Waals surface area contributed by atoms with Crippen molar-refractivity contribution in [1.82, 2.24) is 4.41 Å². The maximum atomic E-state index is 13.2. The van der Waals surface area contributed by atoms with Gasteiger partial charge in [-0.25, -0.2) is 12.8 Å². The molecule has 1 atom stereocenters. The lowest BCUT2D eigenvalue weighted by molar-refractivity contribution is 0.174. The molecule has 0 aliphatic carbocycles. The number of sulfonamides is 1. The highest BCUT2D eigenvalue weighted by Crippen LogP contribution is 2.37. The lowest BCUT2D eigenvalue weighted by atomic mass is 9.99. The smallest absolute Gasteiger partial charge is 0.247 e. The summed E-state index contributed by atoms with van der Waals surface area (Å²) >= 11 is 0. The molecule has 0 saturated carbocycles. The summed E-state index contributed by atoms with van der Waals surface area (Å²) in [6.07, 6.45) is 1.49. The van der Waals surface area contributed by atoms with E-state index in [0.717, 1.165) is 16.2 Å². The summed E-state index contributed by atoms with van der Waals surface area (Å²) in [5.41, 5.74) is 2.08. The molecule has 0 spiro atoms. The molecule has 2 aliphatic heterocycles. The van der Waals surface area contributed by atoms with Crippen LogP contribution in [0.2, 0.25) is 0 Å². The molecule has 0 N–H and O–H groups in total. The van der Waals surface area contributed by atoms with Crippen molar-refractivity contribution in [1.29, 1.82) is 0 Å². The van der Waals surface area contributed by atoms with E-state index in [-0.39, 0.29) is 12.6 Å². The van der Waals surface area contributed by atoms with E-state index >= 15 is 0 Å². The summed E-state index contributed by atoms with van der Waals surface area (Å²) in [5.74, 6) is 0.887. The second-order valence-corrected chi connectivity index (χ2v) is 7.76. The van der Waals surface area contributed by atoms with Crippen LogP contribution >= 0.6 is 0 Å². The molecule has 2 aromatic rings. The van der Waals surface area contributed by atoms with Crippen molar-refractivity contribution >= 4 is 15.7 Å². The fraction of sp³-hybridized carbons (Fsp3) is 0.235. The van der Waals surface area contributed by atoms with Gasteiger partial charge in [-0.1, -0.05) is 12.1 Å². The molecule has 2 heterocycles. The predicted molar refractivity (Wildman–Crippen MR) is 89.5 cm³/mol. The molecule has 0 radical (unpaired) electrons. The van der Waals surface area contributed by atoms with Gasteiger partial charge in [-0.05, 0) is 35.9 Å². The van der Waals surface area contributed by atoms with E-state index in [9.17, 15) is 12.8 Å². The monoisotopic (exact) mass is 362 g/mol. The minimum Gasteiger partial charge on any atom is -0.454 e. The maximum absolute atomic E-state index is 13.2. The van der Waals surface area contributed by atoms with Crippen molar-refractivity contribution < 1.29 is 22.3 Å². The van der Waals surface area contributed by atoms with Gasteiger partial charge < -0.3 is 9.47 Å². The number of halogens is 1. The highest BCUT2D eigenvalue weighted by Gasteiger charge is 2.34. The lowest BCUT2D eigenvalue weighted by Crippen LogP contribution is -2.25. The zero-order valence-corrected chi connectivity index (χ0v) is 14.2. The van der Waals surface area contributed by atoms with Crippen LogP contribution in [0, 0.1) is 5.82 Å². The number of benzene rings is 2. The standard InChI is InChI=1S/C17H15FN2O4S/c1-25(21,22)20-15(11-2-5-13(18)6-3-11)9-14(19-20)12-4-7-16-17(8-12)24-10-23-16/h2-8,15H,9-10H2,1H3/t15-/m0/s1. The van der Waals surface area contributed by atoms with E-state index in [4.69, 9.17) is 9.47 Å². The first kappa shape index (κ1) is 15.9. The van der Waals surface area contributed by atoms with Crippen LogP contribution in [-0.2, 0) is 10.0 Å². The fourth-order valence-electron chi connectivity index (χ4n) is 2.98. The first-order valence-corrected chi connectivity index (χ1v) is 9.49. The van der Waals surface area contributed by atoms with Gasteiger partial charge in [0.1, 0.15) is 5.82 Å². The van der Waals surface area contributed by atoms with Gasteiger partial charge in [0.15, 0.2) is 11.5 Å². The molecular formula is C17H15FN2O4S. The SMILES string of the molecule is CS(=O)(=O)N1N=C(c2ccc3c(c2)OCO3)C[C@H]1c1ccc(F)cc1. The van der Waals surface area contributed by atoms with Gasteiger partial charge in [0.25, 0.3) is 0 Å². The van der Waals surface area contributed by atoms with Crippen LogP contribution in [0.4, 0.5) is 4.39 Å². The molecule has 0 unspecified atom stereocenters. The summed E-state index contributed by atoms with van der Waals surface area (Å²) in [5, 5.41) is 4.31. The maximum Gasteiger partial charge on any atom is 0.247 e. The second kappa shape index (κ2) is 5.73. The van der Waals surface area contributed by atoms with Gasteiger partial charge in [0.05, 0.1) is 18.0 Å². The number of ether oxygens (including phenoxy) is 2. The normalized spacial score (nSPS) is 19.2. The predicted octanol–water partition coefficient (Wildman–Crippen LogP) is 2.67. The van der Waals surface area contributed by atoms with Gasteiger partial charge in [-0.2, -0.15) is 9.52 Å². The Morgan fingerprint density at radius 1 is 1.12 bits per heavy atom. The molecule has 6 nitrogen and oxygen atoms in total. The van der Waals surface area contributed by atoms with E-state index in [1.54, 1.807) is 24.3 Å². The number of hydrogen-bond donors (Lipinski definition) is 0. The highest BCUT2D eigenvalue weighted by atomic mass is 32.2. The molecule has 0 aromatic heterocycles. The summed E-state index contributed by atoms with van der Waals surface area (Å²) in [6, 6.07) is 10.7. The van der Waals surface area contributed by atoms with E-state index in [2.05, 4.69) is 5.10 Å². The Morgan fingerprint density at radius 3 is 2.56 bits per heavy atom. The molecular weight excluding hydrogens is 347 g/mol. The molecule has 0 fully saturated rings. The van der Waals surface area contributed by atoms with Crippen LogP contribution in [0.5, 0.6) is 11.5 Å². The molecule has 25 heavy (non-hydrogen) atoms. The Morgan fingerprint density at radius 2 is 1.84 bits per heavy atom. The Bertz CT molecular complexity index is 957. The average molecular weight is 362 g/mol. The molecule has 0 saturated heterocycles. The molecule has 8 heteroatoms. The van der Waals surface area contributed by atoms with Gasteiger partial charge in [-0.3, -0.25) is 0 Å². The van der Waals surface area contributed by atoms with Crippen LogP contribution in [0.1, 0.15) is 23.6 Å². The number of rotatable bonds is 3. The molecule has 130 valence electrons. The van der Waals surface area contributed by atoms with E-state index < -0.39 is 16.1 Å². The lowest BCUT2D eigenvalue weighted by Gasteiger charge is -2.21. The second-order valence-electron chi connectivity index (χ2n) is 5.92. The van der Waals surface area contributed by atoms with Crippen molar-refractivity contribution in [2.75, 3.05) is 13.0 Å². The summed E-state index contributed by atoms with van der Waals surface area (Å²) in [6.45, 7) is 0.166. The van der Waals surface area contributed by atoms with E-state index in [1.165, 1.54) is 12.1 Å². The van der Waals surface area contributed by atoms with Crippen LogP contribution in [-0.4, -0.2) is 31.6 Å². The third-order valence-corrected chi connectivity index (χ3v) is 5.19. The minimum atomic E-state index is -3.57. The molecule has 2 aliphatic rings. The third-order valence-electron chi connectivity index (χ3n) is 4.17. The summed E-state index contributed by atoms with van der Waals surface area (Å²) < 4.78 is 49.2. The quantitative estimate of drug-likeness (QED) is 0.842. The molecule has 0 amide bonds. The molecule has 0 bridgehead atoms. The van der Waals surface area contributed by atoms with Crippen molar-refractivity contribution in [2.24, 2.45) is 5.10 Å². The first-order valence-electron chi connectivity index (χ1n) is 7.64. The Hall–Kier alpha value is -2.61. The molecule has 2 aromatic carbocycles. The Labute approximate surface area is 144 Å². The average Bonchev–Trinajstić information content (AvgIpc) is 3.21. The van der Waals surface area contributed by atoms with Gasteiger partial charge in [0, 0.05) is 12.0 Å². The number of nitrogens with zero attached hydrogens (tertiary/aromatic N) is 2. The summed E-state index contributed by atoms with van der Waals surface area (Å²) in [7, 11) is -3.57. The van der Waals surface area contributed by atoms with Crippen LogP contribution < -0.4 is 9.47 Å². The van der Waals surface area contributed by atoms with Crippen LogP contribution in [0.3, 0.4) is 0 Å². The Balaban J connectivity index is 1.71. The van der Waals surface area contributed by atoms with E-state index in [1.807, 2.05) is 6.07 Å². The highest BCUT2D eigenvalue weighted by molar-refractivity contribution is 7.88.